The van der Waals surface area contributed by atoms with Crippen LogP contribution in [-0.2, 0) is 0 Å². The third-order valence-corrected chi connectivity index (χ3v) is 1.97. The van der Waals surface area contributed by atoms with Crippen molar-refractivity contribution >= 4 is 17.3 Å². The molecule has 0 amide bonds. The van der Waals surface area contributed by atoms with E-state index in [1.165, 1.54) is 0 Å². The molecule has 1 aliphatic heterocycles. The minimum atomic E-state index is -0.527. The van der Waals surface area contributed by atoms with Gasteiger partial charge in [0.25, 0.3) is 0 Å². The van der Waals surface area contributed by atoms with Crippen LogP contribution in [0.15, 0.2) is 0 Å². The van der Waals surface area contributed by atoms with E-state index in [1.807, 2.05) is 13.8 Å². The van der Waals surface area contributed by atoms with E-state index in [2.05, 4.69) is 10.6 Å². The Bertz CT molecular complexity index is 158. The summed E-state index contributed by atoms with van der Waals surface area (Å²) < 4.78 is 0. The van der Waals surface area contributed by atoms with E-state index in [4.69, 9.17) is 12.2 Å². The monoisotopic (exact) mass is 160 g/mol. The molecule has 1 unspecified atom stereocenters. The Kier molecular flexibility index (Phi) is 1.83. The van der Waals surface area contributed by atoms with Crippen LogP contribution in [0, 0.1) is 5.41 Å². The minimum Gasteiger partial charge on any atom is -0.373 e. The SMILES string of the molecule is CC1(C)CNC(=S)NC1O. The van der Waals surface area contributed by atoms with Crippen molar-refractivity contribution in [2.45, 2.75) is 20.1 Å². The number of aliphatic hydroxyl groups excluding tert-OH is 1. The maximum atomic E-state index is 9.37. The lowest BCUT2D eigenvalue weighted by atomic mass is 9.90. The van der Waals surface area contributed by atoms with E-state index in [9.17, 15) is 5.11 Å². The van der Waals surface area contributed by atoms with E-state index in [1.54, 1.807) is 0 Å². The standard InChI is InChI=1S/C6H12N2OS/c1-6(2)3-7-5(10)8-4(6)9/h4,9H,3H2,1-2H3,(H2,7,8,10). The fourth-order valence-electron chi connectivity index (χ4n) is 0.775. The summed E-state index contributed by atoms with van der Waals surface area (Å²) >= 11 is 4.80. The molecule has 3 nitrogen and oxygen atoms in total. The number of hydrogen-bond acceptors (Lipinski definition) is 2. The molecule has 10 heavy (non-hydrogen) atoms. The second kappa shape index (κ2) is 2.36. The van der Waals surface area contributed by atoms with Gasteiger partial charge in [-0.3, -0.25) is 0 Å². The van der Waals surface area contributed by atoms with Gasteiger partial charge in [0.2, 0.25) is 0 Å². The Morgan fingerprint density at radius 1 is 1.70 bits per heavy atom. The number of rotatable bonds is 0. The molecule has 0 radical (unpaired) electrons. The van der Waals surface area contributed by atoms with Gasteiger partial charge < -0.3 is 15.7 Å². The number of thiocarbonyl (C=S) groups is 1. The third kappa shape index (κ3) is 1.38. The zero-order valence-electron chi connectivity index (χ0n) is 6.14. The van der Waals surface area contributed by atoms with Crippen LogP contribution in [0.2, 0.25) is 0 Å². The maximum absolute atomic E-state index is 9.37. The fraction of sp³-hybridized carbons (Fsp3) is 0.833. The highest BCUT2D eigenvalue weighted by atomic mass is 32.1. The quantitative estimate of drug-likeness (QED) is 0.430. The van der Waals surface area contributed by atoms with Crippen molar-refractivity contribution in [3.8, 4) is 0 Å². The van der Waals surface area contributed by atoms with Crippen LogP contribution in [0.5, 0.6) is 0 Å². The smallest absolute Gasteiger partial charge is 0.168 e. The summed E-state index contributed by atoms with van der Waals surface area (Å²) in [6.07, 6.45) is -0.527. The highest BCUT2D eigenvalue weighted by Gasteiger charge is 2.31. The second-order valence-corrected chi connectivity index (χ2v) is 3.63. The summed E-state index contributed by atoms with van der Waals surface area (Å²) in [7, 11) is 0. The van der Waals surface area contributed by atoms with E-state index < -0.39 is 6.23 Å². The molecule has 1 aliphatic rings. The van der Waals surface area contributed by atoms with Crippen molar-refractivity contribution in [1.29, 1.82) is 0 Å². The molecule has 1 rings (SSSR count). The highest BCUT2D eigenvalue weighted by Crippen LogP contribution is 2.19. The van der Waals surface area contributed by atoms with Gasteiger partial charge in [0.15, 0.2) is 5.11 Å². The molecule has 0 bridgehead atoms. The van der Waals surface area contributed by atoms with Gasteiger partial charge in [-0.1, -0.05) is 13.8 Å². The Morgan fingerprint density at radius 2 is 2.30 bits per heavy atom. The zero-order chi connectivity index (χ0) is 7.78. The van der Waals surface area contributed by atoms with E-state index in [0.29, 0.717) is 5.11 Å². The Morgan fingerprint density at radius 3 is 2.70 bits per heavy atom. The van der Waals surface area contributed by atoms with Gasteiger partial charge in [-0.05, 0) is 12.2 Å². The van der Waals surface area contributed by atoms with Crippen LogP contribution >= 0.6 is 12.2 Å². The molecule has 0 aliphatic carbocycles. The van der Waals surface area contributed by atoms with Gasteiger partial charge in [-0.2, -0.15) is 0 Å². The molecule has 0 aromatic rings. The molecule has 1 heterocycles. The molecule has 0 aromatic carbocycles. The first-order valence-corrected chi connectivity index (χ1v) is 3.66. The lowest BCUT2D eigenvalue weighted by molar-refractivity contribution is 0.0303. The van der Waals surface area contributed by atoms with Crippen molar-refractivity contribution in [2.24, 2.45) is 5.41 Å². The number of aliphatic hydroxyl groups is 1. The van der Waals surface area contributed by atoms with E-state index in [0.717, 1.165) is 6.54 Å². The van der Waals surface area contributed by atoms with Crippen molar-refractivity contribution in [3.05, 3.63) is 0 Å². The Balaban J connectivity index is 2.60. The van der Waals surface area contributed by atoms with Gasteiger partial charge in [0, 0.05) is 12.0 Å². The van der Waals surface area contributed by atoms with Gasteiger partial charge >= 0.3 is 0 Å². The van der Waals surface area contributed by atoms with Crippen molar-refractivity contribution in [3.63, 3.8) is 0 Å². The molecule has 1 atom stereocenters. The normalized spacial score (nSPS) is 30.7. The molecule has 58 valence electrons. The summed E-state index contributed by atoms with van der Waals surface area (Å²) in [5, 5.41) is 15.6. The molecule has 0 saturated carbocycles. The lowest BCUT2D eigenvalue weighted by Crippen LogP contribution is -2.58. The summed E-state index contributed by atoms with van der Waals surface area (Å²) in [5.74, 6) is 0. The largest absolute Gasteiger partial charge is 0.373 e. The first kappa shape index (κ1) is 7.75. The molecular weight excluding hydrogens is 148 g/mol. The molecule has 1 saturated heterocycles. The average molecular weight is 160 g/mol. The van der Waals surface area contributed by atoms with Crippen LogP contribution in [0.4, 0.5) is 0 Å². The Labute approximate surface area is 65.8 Å². The first-order valence-electron chi connectivity index (χ1n) is 3.25. The zero-order valence-corrected chi connectivity index (χ0v) is 6.96. The van der Waals surface area contributed by atoms with Crippen LogP contribution in [-0.4, -0.2) is 23.0 Å². The number of hydrogen-bond donors (Lipinski definition) is 3. The molecule has 4 heteroatoms. The van der Waals surface area contributed by atoms with Gasteiger partial charge in [0.05, 0.1) is 0 Å². The predicted molar refractivity (Wildman–Crippen MR) is 43.5 cm³/mol. The second-order valence-electron chi connectivity index (χ2n) is 3.22. The lowest BCUT2D eigenvalue weighted by Gasteiger charge is -2.37. The van der Waals surface area contributed by atoms with Crippen molar-refractivity contribution in [2.75, 3.05) is 6.54 Å². The summed E-state index contributed by atoms with van der Waals surface area (Å²) in [4.78, 5) is 0. The predicted octanol–water partition coefficient (Wildman–Crippen LogP) is -0.191. The molecule has 1 fully saturated rings. The van der Waals surface area contributed by atoms with Crippen LogP contribution in [0.1, 0.15) is 13.8 Å². The van der Waals surface area contributed by atoms with Gasteiger partial charge in [-0.25, -0.2) is 0 Å². The maximum Gasteiger partial charge on any atom is 0.168 e. The summed E-state index contributed by atoms with van der Waals surface area (Å²) in [6.45, 7) is 4.67. The first-order chi connectivity index (χ1) is 4.52. The van der Waals surface area contributed by atoms with Crippen LogP contribution in [0.25, 0.3) is 0 Å². The summed E-state index contributed by atoms with van der Waals surface area (Å²) in [6, 6.07) is 0. The van der Waals surface area contributed by atoms with Crippen molar-refractivity contribution in [1.82, 2.24) is 10.6 Å². The molecular formula is C6H12N2OS. The topological polar surface area (TPSA) is 44.3 Å². The fourth-order valence-corrected chi connectivity index (χ4v) is 0.959. The molecule has 3 N–H and O–H groups in total. The molecule has 0 spiro atoms. The number of nitrogens with one attached hydrogen (secondary N) is 2. The van der Waals surface area contributed by atoms with E-state index in [-0.39, 0.29) is 5.41 Å². The summed E-state index contributed by atoms with van der Waals surface area (Å²) in [5.41, 5.74) is -0.137. The average Bonchev–Trinajstić information content (AvgIpc) is 1.81. The third-order valence-electron chi connectivity index (χ3n) is 1.71. The van der Waals surface area contributed by atoms with Gasteiger partial charge in [0.1, 0.15) is 6.23 Å². The van der Waals surface area contributed by atoms with Gasteiger partial charge in [-0.15, -0.1) is 0 Å². The highest BCUT2D eigenvalue weighted by molar-refractivity contribution is 7.80. The minimum absolute atomic E-state index is 0.137. The van der Waals surface area contributed by atoms with Crippen LogP contribution in [0.3, 0.4) is 0 Å². The van der Waals surface area contributed by atoms with E-state index >= 15 is 0 Å². The Hall–Kier alpha value is -0.350. The van der Waals surface area contributed by atoms with Crippen molar-refractivity contribution < 1.29 is 5.11 Å². The molecule has 0 aromatic heterocycles. The van der Waals surface area contributed by atoms with Crippen LogP contribution < -0.4 is 10.6 Å².